The van der Waals surface area contributed by atoms with Crippen LogP contribution in [0.2, 0.25) is 10.0 Å². The van der Waals surface area contributed by atoms with Crippen molar-refractivity contribution in [2.75, 3.05) is 6.61 Å². The topological polar surface area (TPSA) is 75.6 Å². The third-order valence-electron chi connectivity index (χ3n) is 3.26. The van der Waals surface area contributed by atoms with E-state index in [4.69, 9.17) is 33.0 Å². The van der Waals surface area contributed by atoms with E-state index in [1.54, 1.807) is 12.1 Å². The molecule has 1 unspecified atom stereocenters. The molecule has 7 heteroatoms. The first-order valence-electron chi connectivity index (χ1n) is 5.90. The second-order valence-corrected chi connectivity index (χ2v) is 5.83. The van der Waals surface area contributed by atoms with Crippen LogP contribution in [0.1, 0.15) is 25.5 Å². The Kier molecular flexibility index (Phi) is 3.84. The molecular formula is C13H13Cl2NO4. The van der Waals surface area contributed by atoms with Gasteiger partial charge in [0.2, 0.25) is 5.91 Å². The van der Waals surface area contributed by atoms with E-state index < -0.39 is 23.3 Å². The minimum Gasteiger partial charge on any atom is -0.489 e. The van der Waals surface area contributed by atoms with E-state index in [0.717, 1.165) is 0 Å². The van der Waals surface area contributed by atoms with Gasteiger partial charge in [-0.1, -0.05) is 29.3 Å². The zero-order chi connectivity index (χ0) is 15.1. The van der Waals surface area contributed by atoms with Gasteiger partial charge < -0.3 is 15.2 Å². The maximum atomic E-state index is 12.0. The number of fused-ring (bicyclic) bond motifs is 1. The molecule has 1 aliphatic rings. The fourth-order valence-corrected chi connectivity index (χ4v) is 2.16. The number of carbonyl (C=O) groups is 2. The van der Waals surface area contributed by atoms with Crippen LogP contribution in [-0.4, -0.2) is 23.6 Å². The highest BCUT2D eigenvalue weighted by molar-refractivity contribution is 6.43. The van der Waals surface area contributed by atoms with Crippen molar-refractivity contribution in [3.8, 4) is 5.75 Å². The van der Waals surface area contributed by atoms with Crippen LogP contribution >= 0.6 is 23.2 Å². The number of carboxylic acid groups (broad SMARTS) is 1. The summed E-state index contributed by atoms with van der Waals surface area (Å²) < 4.78 is 5.42. The lowest BCUT2D eigenvalue weighted by Crippen LogP contribution is -2.44. The molecule has 1 heterocycles. The molecule has 2 N–H and O–H groups in total. The largest absolute Gasteiger partial charge is 0.489 e. The molecule has 1 aliphatic heterocycles. The van der Waals surface area contributed by atoms with Crippen molar-refractivity contribution in [2.24, 2.45) is 5.41 Å². The summed E-state index contributed by atoms with van der Waals surface area (Å²) in [5, 5.41) is 12.3. The summed E-state index contributed by atoms with van der Waals surface area (Å²) in [4.78, 5) is 23.1. The first kappa shape index (κ1) is 14.9. The number of hydrogen-bond acceptors (Lipinski definition) is 3. The molecule has 0 saturated heterocycles. The van der Waals surface area contributed by atoms with Crippen molar-refractivity contribution >= 4 is 35.1 Å². The number of hydrogen-bond donors (Lipinski definition) is 2. The van der Waals surface area contributed by atoms with Gasteiger partial charge in [0.25, 0.3) is 0 Å². The van der Waals surface area contributed by atoms with Crippen molar-refractivity contribution < 1.29 is 19.4 Å². The van der Waals surface area contributed by atoms with Gasteiger partial charge in [0.1, 0.15) is 22.8 Å². The highest BCUT2D eigenvalue weighted by atomic mass is 35.5. The van der Waals surface area contributed by atoms with Crippen LogP contribution in [0.4, 0.5) is 0 Å². The molecular weight excluding hydrogens is 305 g/mol. The molecule has 0 fully saturated rings. The van der Waals surface area contributed by atoms with E-state index in [-0.39, 0.29) is 6.61 Å². The Bertz CT molecular complexity index is 586. The Balaban J connectivity index is 2.22. The summed E-state index contributed by atoms with van der Waals surface area (Å²) in [6.07, 6.45) is 0. The van der Waals surface area contributed by atoms with Crippen LogP contribution in [0.5, 0.6) is 5.75 Å². The maximum absolute atomic E-state index is 12.0. The van der Waals surface area contributed by atoms with Gasteiger partial charge in [-0.05, 0) is 19.9 Å². The predicted molar refractivity (Wildman–Crippen MR) is 74.3 cm³/mol. The number of carboxylic acids is 1. The minimum absolute atomic E-state index is 0.191. The molecule has 0 aromatic heterocycles. The number of aliphatic carboxylic acids is 1. The summed E-state index contributed by atoms with van der Waals surface area (Å²) in [6, 6.07) is 2.87. The van der Waals surface area contributed by atoms with Gasteiger partial charge in [-0.3, -0.25) is 9.59 Å². The quantitative estimate of drug-likeness (QED) is 0.840. The van der Waals surface area contributed by atoms with Gasteiger partial charge in [0.15, 0.2) is 0 Å². The summed E-state index contributed by atoms with van der Waals surface area (Å²) in [5.74, 6) is -1.35. The smallest absolute Gasteiger partial charge is 0.318 e. The maximum Gasteiger partial charge on any atom is 0.318 e. The predicted octanol–water partition coefficient (Wildman–Crippen LogP) is 2.65. The average Bonchev–Trinajstić information content (AvgIpc) is 2.77. The van der Waals surface area contributed by atoms with Gasteiger partial charge in [-0.25, -0.2) is 0 Å². The number of halogens is 2. The monoisotopic (exact) mass is 317 g/mol. The van der Waals surface area contributed by atoms with E-state index in [9.17, 15) is 9.59 Å². The Morgan fingerprint density at radius 1 is 1.40 bits per heavy atom. The van der Waals surface area contributed by atoms with Crippen molar-refractivity contribution in [1.82, 2.24) is 5.32 Å². The fraction of sp³-hybridized carbons (Fsp3) is 0.385. The van der Waals surface area contributed by atoms with Gasteiger partial charge in [-0.15, -0.1) is 0 Å². The third-order valence-corrected chi connectivity index (χ3v) is 4.04. The highest BCUT2D eigenvalue weighted by Crippen LogP contribution is 2.42. The molecule has 0 radical (unpaired) electrons. The zero-order valence-corrected chi connectivity index (χ0v) is 12.4. The summed E-state index contributed by atoms with van der Waals surface area (Å²) in [6.45, 7) is 2.88. The Morgan fingerprint density at radius 2 is 2.05 bits per heavy atom. The Labute approximate surface area is 125 Å². The first-order chi connectivity index (χ1) is 9.25. The summed E-state index contributed by atoms with van der Waals surface area (Å²) >= 11 is 11.9. The van der Waals surface area contributed by atoms with Crippen LogP contribution in [0.3, 0.4) is 0 Å². The number of benzene rings is 1. The van der Waals surface area contributed by atoms with Crippen molar-refractivity contribution in [2.45, 2.75) is 19.9 Å². The number of nitrogens with one attached hydrogen (secondary N) is 1. The average molecular weight is 318 g/mol. The molecule has 1 amide bonds. The van der Waals surface area contributed by atoms with E-state index in [1.165, 1.54) is 13.8 Å². The molecule has 0 spiro atoms. The Hall–Kier alpha value is -1.46. The first-order valence-corrected chi connectivity index (χ1v) is 6.65. The molecule has 0 aliphatic carbocycles. The van der Waals surface area contributed by atoms with Gasteiger partial charge in [0.05, 0.1) is 11.1 Å². The number of ether oxygens (including phenoxy) is 1. The second-order valence-electron chi connectivity index (χ2n) is 5.05. The SMILES string of the molecule is CC(C)(C(=O)O)C(=O)NC1COc2c1ccc(Cl)c2Cl. The van der Waals surface area contributed by atoms with E-state index in [1.807, 2.05) is 0 Å². The van der Waals surface area contributed by atoms with E-state index >= 15 is 0 Å². The zero-order valence-electron chi connectivity index (χ0n) is 10.9. The molecule has 0 bridgehead atoms. The fourth-order valence-electron chi connectivity index (χ4n) is 1.78. The van der Waals surface area contributed by atoms with Crippen LogP contribution in [0.15, 0.2) is 12.1 Å². The van der Waals surface area contributed by atoms with Gasteiger partial charge in [-0.2, -0.15) is 0 Å². The molecule has 1 aromatic carbocycles. The second kappa shape index (κ2) is 5.14. The van der Waals surface area contributed by atoms with E-state index in [2.05, 4.69) is 5.32 Å². The summed E-state index contributed by atoms with van der Waals surface area (Å²) in [7, 11) is 0. The molecule has 108 valence electrons. The minimum atomic E-state index is -1.51. The van der Waals surface area contributed by atoms with Crippen LogP contribution in [-0.2, 0) is 9.59 Å². The van der Waals surface area contributed by atoms with Crippen LogP contribution < -0.4 is 10.1 Å². The van der Waals surface area contributed by atoms with Crippen molar-refractivity contribution in [3.05, 3.63) is 27.7 Å². The van der Waals surface area contributed by atoms with E-state index in [0.29, 0.717) is 21.4 Å². The molecule has 5 nitrogen and oxygen atoms in total. The molecule has 0 saturated carbocycles. The van der Waals surface area contributed by atoms with Crippen molar-refractivity contribution in [3.63, 3.8) is 0 Å². The highest BCUT2D eigenvalue weighted by Gasteiger charge is 2.39. The lowest BCUT2D eigenvalue weighted by molar-refractivity contribution is -0.153. The van der Waals surface area contributed by atoms with Crippen LogP contribution in [0, 0.1) is 5.41 Å². The van der Waals surface area contributed by atoms with Crippen molar-refractivity contribution in [1.29, 1.82) is 0 Å². The number of carbonyl (C=O) groups excluding carboxylic acids is 1. The molecule has 1 atom stereocenters. The third kappa shape index (κ3) is 2.43. The molecule has 2 rings (SSSR count). The lowest BCUT2D eigenvalue weighted by atomic mass is 9.92. The Morgan fingerprint density at radius 3 is 2.65 bits per heavy atom. The standard InChI is InChI=1S/C13H13Cl2NO4/c1-13(2,12(18)19)11(17)16-8-5-20-10-6(8)3-4-7(14)9(10)15/h3-4,8H,5H2,1-2H3,(H,16,17)(H,18,19). The molecule has 1 aromatic rings. The number of amides is 1. The van der Waals surface area contributed by atoms with Crippen LogP contribution in [0.25, 0.3) is 0 Å². The normalized spacial score (nSPS) is 17.3. The molecule has 20 heavy (non-hydrogen) atoms. The van der Waals surface area contributed by atoms with Gasteiger partial charge >= 0.3 is 5.97 Å². The van der Waals surface area contributed by atoms with Gasteiger partial charge in [0, 0.05) is 5.56 Å². The summed E-state index contributed by atoms with van der Waals surface area (Å²) in [5.41, 5.74) is -0.826. The number of rotatable bonds is 3. The lowest BCUT2D eigenvalue weighted by Gasteiger charge is -2.21.